The third-order valence-electron chi connectivity index (χ3n) is 4.76. The normalized spacial score (nSPS) is 16.2. The Morgan fingerprint density at radius 2 is 1.93 bits per heavy atom. The Labute approximate surface area is 188 Å². The van der Waals surface area contributed by atoms with E-state index < -0.39 is 4.92 Å². The number of hydrogen-bond donors (Lipinski definition) is 1. The SMILES string of the molecule is CN(Cc1ccccc1)C(=NCc1ccc([N+](=O)[O-])cc1)NCC1CCOC1.I. The number of ether oxygens (including phenoxy) is 1. The minimum atomic E-state index is -0.392. The van der Waals surface area contributed by atoms with Crippen LogP contribution in [0, 0.1) is 16.0 Å². The highest BCUT2D eigenvalue weighted by molar-refractivity contribution is 14.0. The molecule has 2 aromatic carbocycles. The molecule has 2 aromatic rings. The zero-order valence-electron chi connectivity index (χ0n) is 16.5. The molecule has 29 heavy (non-hydrogen) atoms. The van der Waals surface area contributed by atoms with Crippen molar-refractivity contribution in [1.29, 1.82) is 0 Å². The van der Waals surface area contributed by atoms with Gasteiger partial charge in [-0.3, -0.25) is 10.1 Å². The summed E-state index contributed by atoms with van der Waals surface area (Å²) in [5.74, 6) is 1.31. The molecule has 156 valence electrons. The zero-order valence-corrected chi connectivity index (χ0v) is 18.8. The molecule has 0 aliphatic carbocycles. The summed E-state index contributed by atoms with van der Waals surface area (Å²) in [6.45, 7) is 3.62. The van der Waals surface area contributed by atoms with Gasteiger partial charge in [-0.05, 0) is 17.5 Å². The minimum absolute atomic E-state index is 0. The van der Waals surface area contributed by atoms with Gasteiger partial charge in [-0.2, -0.15) is 0 Å². The minimum Gasteiger partial charge on any atom is -0.381 e. The molecule has 1 aliphatic heterocycles. The molecule has 0 aromatic heterocycles. The van der Waals surface area contributed by atoms with E-state index in [-0.39, 0.29) is 29.7 Å². The predicted molar refractivity (Wildman–Crippen MR) is 124 cm³/mol. The van der Waals surface area contributed by atoms with Gasteiger partial charge >= 0.3 is 0 Å². The van der Waals surface area contributed by atoms with Crippen LogP contribution in [0.15, 0.2) is 59.6 Å². The molecule has 0 radical (unpaired) electrons. The van der Waals surface area contributed by atoms with Crippen LogP contribution in [-0.2, 0) is 17.8 Å². The van der Waals surface area contributed by atoms with Crippen molar-refractivity contribution in [1.82, 2.24) is 10.2 Å². The summed E-state index contributed by atoms with van der Waals surface area (Å²) in [4.78, 5) is 17.3. The lowest BCUT2D eigenvalue weighted by molar-refractivity contribution is -0.384. The Kier molecular flexibility index (Phi) is 9.33. The van der Waals surface area contributed by atoms with Crippen molar-refractivity contribution >= 4 is 35.6 Å². The Balaban J connectivity index is 0.00000300. The van der Waals surface area contributed by atoms with Crippen LogP contribution in [0.3, 0.4) is 0 Å². The van der Waals surface area contributed by atoms with Crippen molar-refractivity contribution < 1.29 is 9.66 Å². The fraction of sp³-hybridized carbons (Fsp3) is 0.381. The molecule has 1 N–H and O–H groups in total. The van der Waals surface area contributed by atoms with E-state index in [4.69, 9.17) is 9.73 Å². The Hall–Kier alpha value is -2.20. The van der Waals surface area contributed by atoms with E-state index >= 15 is 0 Å². The number of aliphatic imine (C=N–C) groups is 1. The molecule has 8 heteroatoms. The molecule has 1 heterocycles. The summed E-state index contributed by atoms with van der Waals surface area (Å²) in [7, 11) is 2.01. The number of halogens is 1. The first-order chi connectivity index (χ1) is 13.6. The predicted octanol–water partition coefficient (Wildman–Crippen LogP) is 3.83. The number of nitro groups is 1. The van der Waals surface area contributed by atoms with E-state index in [0.717, 1.165) is 44.2 Å². The van der Waals surface area contributed by atoms with E-state index in [0.29, 0.717) is 12.5 Å². The average molecular weight is 510 g/mol. The number of nitro benzene ring substituents is 1. The number of guanidine groups is 1. The quantitative estimate of drug-likeness (QED) is 0.202. The lowest BCUT2D eigenvalue weighted by Crippen LogP contribution is -2.41. The van der Waals surface area contributed by atoms with Gasteiger partial charge in [0.15, 0.2) is 5.96 Å². The molecule has 1 unspecified atom stereocenters. The van der Waals surface area contributed by atoms with Gasteiger partial charge in [-0.15, -0.1) is 24.0 Å². The third-order valence-corrected chi connectivity index (χ3v) is 4.76. The van der Waals surface area contributed by atoms with Crippen molar-refractivity contribution in [2.75, 3.05) is 26.8 Å². The molecule has 0 bridgehead atoms. The van der Waals surface area contributed by atoms with Gasteiger partial charge in [-0.25, -0.2) is 4.99 Å². The first-order valence-corrected chi connectivity index (χ1v) is 9.46. The number of benzene rings is 2. The lowest BCUT2D eigenvalue weighted by atomic mass is 10.1. The summed E-state index contributed by atoms with van der Waals surface area (Å²) in [6.07, 6.45) is 1.06. The second kappa shape index (κ2) is 11.7. The fourth-order valence-electron chi connectivity index (χ4n) is 3.11. The van der Waals surface area contributed by atoms with Crippen LogP contribution in [-0.4, -0.2) is 42.6 Å². The standard InChI is InChI=1S/C21H26N4O3.HI/c1-24(15-18-5-3-2-4-6-18)21(23-14-19-11-12-28-16-19)22-13-17-7-9-20(10-8-17)25(26)27;/h2-10,19H,11-16H2,1H3,(H,22,23);1H. The molecular formula is C21H27IN4O3. The third kappa shape index (κ3) is 7.28. The molecular weight excluding hydrogens is 483 g/mol. The zero-order chi connectivity index (χ0) is 19.8. The van der Waals surface area contributed by atoms with Crippen molar-refractivity contribution in [3.63, 3.8) is 0 Å². The highest BCUT2D eigenvalue weighted by Gasteiger charge is 2.17. The first kappa shape index (κ1) is 23.1. The molecule has 1 fully saturated rings. The maximum atomic E-state index is 10.8. The summed E-state index contributed by atoms with van der Waals surface area (Å²) >= 11 is 0. The molecule has 7 nitrogen and oxygen atoms in total. The molecule has 1 aliphatic rings. The topological polar surface area (TPSA) is 80.0 Å². The highest BCUT2D eigenvalue weighted by atomic mass is 127. The lowest BCUT2D eigenvalue weighted by Gasteiger charge is -2.24. The first-order valence-electron chi connectivity index (χ1n) is 9.46. The van der Waals surface area contributed by atoms with E-state index in [2.05, 4.69) is 22.3 Å². The number of nitrogens with one attached hydrogen (secondary N) is 1. The van der Waals surface area contributed by atoms with E-state index in [1.165, 1.54) is 17.7 Å². The largest absolute Gasteiger partial charge is 0.381 e. The average Bonchev–Trinajstić information content (AvgIpc) is 3.22. The summed E-state index contributed by atoms with van der Waals surface area (Å²) in [5, 5.41) is 14.3. The second-order valence-corrected chi connectivity index (χ2v) is 7.02. The number of nitrogens with zero attached hydrogens (tertiary/aromatic N) is 3. The van der Waals surface area contributed by atoms with Gasteiger partial charge in [0, 0.05) is 44.8 Å². The van der Waals surface area contributed by atoms with Crippen LogP contribution in [0.5, 0.6) is 0 Å². The Bertz CT molecular complexity index is 793. The molecule has 0 spiro atoms. The maximum absolute atomic E-state index is 10.8. The van der Waals surface area contributed by atoms with Crippen molar-refractivity contribution in [2.45, 2.75) is 19.5 Å². The van der Waals surface area contributed by atoms with Crippen LogP contribution in [0.25, 0.3) is 0 Å². The number of non-ortho nitro benzene ring substituents is 1. The Morgan fingerprint density at radius 1 is 1.21 bits per heavy atom. The molecule has 1 atom stereocenters. The van der Waals surface area contributed by atoms with Gasteiger partial charge in [0.1, 0.15) is 0 Å². The molecule has 1 saturated heterocycles. The summed E-state index contributed by atoms with van der Waals surface area (Å²) in [5.41, 5.74) is 2.23. The van der Waals surface area contributed by atoms with Crippen molar-refractivity contribution in [2.24, 2.45) is 10.9 Å². The van der Waals surface area contributed by atoms with Crippen LogP contribution < -0.4 is 5.32 Å². The van der Waals surface area contributed by atoms with Crippen molar-refractivity contribution in [3.8, 4) is 0 Å². The van der Waals surface area contributed by atoms with Crippen molar-refractivity contribution in [3.05, 3.63) is 75.8 Å². The second-order valence-electron chi connectivity index (χ2n) is 7.02. The smallest absolute Gasteiger partial charge is 0.269 e. The monoisotopic (exact) mass is 510 g/mol. The molecule has 0 saturated carbocycles. The highest BCUT2D eigenvalue weighted by Crippen LogP contribution is 2.14. The fourth-order valence-corrected chi connectivity index (χ4v) is 3.11. The van der Waals surface area contributed by atoms with Crippen LogP contribution >= 0.6 is 24.0 Å². The van der Waals surface area contributed by atoms with Crippen LogP contribution in [0.4, 0.5) is 5.69 Å². The Morgan fingerprint density at radius 3 is 2.55 bits per heavy atom. The van der Waals surface area contributed by atoms with E-state index in [1.807, 2.05) is 25.2 Å². The molecule has 0 amide bonds. The van der Waals surface area contributed by atoms with E-state index in [9.17, 15) is 10.1 Å². The number of rotatable bonds is 7. The van der Waals surface area contributed by atoms with E-state index in [1.54, 1.807) is 12.1 Å². The van der Waals surface area contributed by atoms with Gasteiger partial charge in [0.2, 0.25) is 0 Å². The summed E-state index contributed by atoms with van der Waals surface area (Å²) in [6, 6.07) is 16.8. The number of hydrogen-bond acceptors (Lipinski definition) is 4. The maximum Gasteiger partial charge on any atom is 0.269 e. The van der Waals surface area contributed by atoms with Gasteiger partial charge < -0.3 is 15.0 Å². The van der Waals surface area contributed by atoms with Gasteiger partial charge in [0.05, 0.1) is 18.1 Å². The molecule has 3 rings (SSSR count). The van der Waals surface area contributed by atoms with Crippen LogP contribution in [0.1, 0.15) is 17.5 Å². The van der Waals surface area contributed by atoms with Crippen LogP contribution in [0.2, 0.25) is 0 Å². The summed E-state index contributed by atoms with van der Waals surface area (Å²) < 4.78 is 5.46. The van der Waals surface area contributed by atoms with Gasteiger partial charge in [-0.1, -0.05) is 42.5 Å². The van der Waals surface area contributed by atoms with Gasteiger partial charge in [0.25, 0.3) is 5.69 Å².